The van der Waals surface area contributed by atoms with E-state index in [1.807, 2.05) is 36.4 Å². The van der Waals surface area contributed by atoms with E-state index in [0.717, 1.165) is 15.6 Å². The first kappa shape index (κ1) is 18.2. The number of carbonyl (C=O) groups excluding carboxylic acids is 2. The molecular weight excluding hydrogens is 402 g/mol. The Labute approximate surface area is 168 Å². The van der Waals surface area contributed by atoms with Gasteiger partial charge in [0, 0.05) is 28.3 Å². The molecule has 0 saturated heterocycles. The van der Waals surface area contributed by atoms with Crippen molar-refractivity contribution < 1.29 is 9.59 Å². The molecule has 0 saturated carbocycles. The van der Waals surface area contributed by atoms with E-state index in [2.05, 4.69) is 15.3 Å². The quantitative estimate of drug-likeness (QED) is 0.385. The van der Waals surface area contributed by atoms with Crippen LogP contribution in [0.25, 0.3) is 10.1 Å². The molecule has 1 aliphatic rings. The number of pyridine rings is 1. The minimum Gasteiger partial charge on any atom is -0.325 e. The van der Waals surface area contributed by atoms with Crippen molar-refractivity contribution in [3.8, 4) is 0 Å². The molecule has 0 bridgehead atoms. The monoisotopic (exact) mass is 415 g/mol. The lowest BCUT2D eigenvalue weighted by molar-refractivity contribution is -0.115. The fraction of sp³-hybridized carbons (Fsp3) is 0.158. The van der Waals surface area contributed by atoms with Crippen LogP contribution in [0.4, 0.5) is 5.69 Å². The highest BCUT2D eigenvalue weighted by molar-refractivity contribution is 8.15. The lowest BCUT2D eigenvalue weighted by Crippen LogP contribution is -2.29. The Bertz CT molecular complexity index is 1070. The summed E-state index contributed by atoms with van der Waals surface area (Å²) in [6.07, 6.45) is 3.39. The molecule has 3 heterocycles. The maximum absolute atomic E-state index is 12.7. The molecule has 0 aliphatic carbocycles. The van der Waals surface area contributed by atoms with E-state index >= 15 is 0 Å². The van der Waals surface area contributed by atoms with Gasteiger partial charge >= 0.3 is 0 Å². The smallest absolute Gasteiger partial charge is 0.241 e. The van der Waals surface area contributed by atoms with Crippen LogP contribution >= 0.6 is 34.7 Å². The number of aliphatic imine (C=N–C) groups is 1. The Morgan fingerprint density at radius 2 is 2.07 bits per heavy atom. The standard InChI is InChI=1S/C19H14ClN3O2S2/c1-10(24)15-8-12-7-13(4-5-14(12)26-15)22-18(25)16-17(20)23-19(27-16)11-3-2-6-21-9-11/h2-9,16-17H,1H3,(H,22,25). The number of ketones is 1. The number of benzene rings is 1. The van der Waals surface area contributed by atoms with Gasteiger partial charge in [-0.2, -0.15) is 0 Å². The van der Waals surface area contributed by atoms with Crippen LogP contribution in [0.1, 0.15) is 22.2 Å². The van der Waals surface area contributed by atoms with E-state index in [9.17, 15) is 9.59 Å². The van der Waals surface area contributed by atoms with E-state index in [4.69, 9.17) is 11.6 Å². The second kappa shape index (κ2) is 7.42. The molecule has 5 nitrogen and oxygen atoms in total. The van der Waals surface area contributed by atoms with Crippen molar-refractivity contribution in [3.05, 3.63) is 59.2 Å². The van der Waals surface area contributed by atoms with Crippen LogP contribution in [-0.2, 0) is 4.79 Å². The highest BCUT2D eigenvalue weighted by Gasteiger charge is 2.35. The number of thiophene rings is 1. The maximum Gasteiger partial charge on any atom is 0.241 e. The molecule has 0 fully saturated rings. The Morgan fingerprint density at radius 3 is 2.81 bits per heavy atom. The number of Topliss-reactive ketones (excluding diaryl/α,β-unsaturated/α-hetero) is 1. The van der Waals surface area contributed by atoms with E-state index in [-0.39, 0.29) is 11.7 Å². The summed E-state index contributed by atoms with van der Waals surface area (Å²) >= 11 is 9.07. The molecule has 0 radical (unpaired) electrons. The van der Waals surface area contributed by atoms with Crippen molar-refractivity contribution in [2.75, 3.05) is 5.32 Å². The summed E-state index contributed by atoms with van der Waals surface area (Å²) in [5.74, 6) is -0.168. The number of hydrogen-bond donors (Lipinski definition) is 1. The van der Waals surface area contributed by atoms with Crippen LogP contribution in [0.5, 0.6) is 0 Å². The lowest BCUT2D eigenvalue weighted by atomic mass is 10.2. The number of thioether (sulfide) groups is 1. The SMILES string of the molecule is CC(=O)c1cc2cc(NC(=O)C3SC(c4cccnc4)=NC3Cl)ccc2s1. The number of fused-ring (bicyclic) bond motifs is 1. The summed E-state index contributed by atoms with van der Waals surface area (Å²) in [7, 11) is 0. The first-order chi connectivity index (χ1) is 13.0. The Morgan fingerprint density at radius 1 is 1.22 bits per heavy atom. The number of carbonyl (C=O) groups is 2. The molecule has 4 rings (SSSR count). The number of hydrogen-bond acceptors (Lipinski definition) is 6. The number of nitrogens with zero attached hydrogens (tertiary/aromatic N) is 2. The fourth-order valence-corrected chi connectivity index (χ4v) is 5.08. The topological polar surface area (TPSA) is 71.4 Å². The maximum atomic E-state index is 12.7. The summed E-state index contributed by atoms with van der Waals surface area (Å²) in [5, 5.41) is 4.02. The van der Waals surface area contributed by atoms with Gasteiger partial charge in [-0.15, -0.1) is 11.3 Å². The van der Waals surface area contributed by atoms with E-state index in [0.29, 0.717) is 15.6 Å². The van der Waals surface area contributed by atoms with Gasteiger partial charge in [-0.1, -0.05) is 23.4 Å². The molecule has 1 aromatic carbocycles. The molecule has 136 valence electrons. The largest absolute Gasteiger partial charge is 0.325 e. The van der Waals surface area contributed by atoms with Crippen molar-refractivity contribution in [2.45, 2.75) is 17.7 Å². The molecule has 27 heavy (non-hydrogen) atoms. The van der Waals surface area contributed by atoms with Crippen LogP contribution < -0.4 is 5.32 Å². The summed E-state index contributed by atoms with van der Waals surface area (Å²) < 4.78 is 1.01. The molecular formula is C19H14ClN3O2S2. The minimum atomic E-state index is -0.639. The molecule has 0 spiro atoms. The zero-order valence-electron chi connectivity index (χ0n) is 14.2. The first-order valence-electron chi connectivity index (χ1n) is 8.15. The third-order valence-corrected chi connectivity index (χ3v) is 7.03. The fourth-order valence-electron chi connectivity index (χ4n) is 2.70. The summed E-state index contributed by atoms with van der Waals surface area (Å²) in [5.41, 5.74) is 0.874. The van der Waals surface area contributed by atoms with Gasteiger partial charge in [-0.25, -0.2) is 0 Å². The van der Waals surface area contributed by atoms with Crippen molar-refractivity contribution in [3.63, 3.8) is 0 Å². The highest BCUT2D eigenvalue weighted by Crippen LogP contribution is 2.34. The first-order valence-corrected chi connectivity index (χ1v) is 10.3. The second-order valence-electron chi connectivity index (χ2n) is 6.00. The van der Waals surface area contributed by atoms with Crippen LogP contribution in [0, 0.1) is 0 Å². The van der Waals surface area contributed by atoms with Crippen LogP contribution in [0.2, 0.25) is 0 Å². The van der Waals surface area contributed by atoms with Crippen LogP contribution in [-0.4, -0.2) is 32.5 Å². The predicted molar refractivity (Wildman–Crippen MR) is 112 cm³/mol. The number of aromatic nitrogens is 1. The van der Waals surface area contributed by atoms with Crippen molar-refractivity contribution in [1.29, 1.82) is 0 Å². The van der Waals surface area contributed by atoms with Gasteiger partial charge in [-0.05, 0) is 48.7 Å². The van der Waals surface area contributed by atoms with Gasteiger partial charge in [0.25, 0.3) is 0 Å². The van der Waals surface area contributed by atoms with Crippen molar-refractivity contribution >= 4 is 67.2 Å². The summed E-state index contributed by atoms with van der Waals surface area (Å²) in [6.45, 7) is 1.55. The van der Waals surface area contributed by atoms with E-state index in [1.54, 1.807) is 19.3 Å². The van der Waals surface area contributed by atoms with Gasteiger partial charge in [0.1, 0.15) is 15.8 Å². The number of amides is 1. The molecule has 3 aromatic rings. The molecule has 1 amide bonds. The Hall–Kier alpha value is -2.22. The zero-order chi connectivity index (χ0) is 19.0. The molecule has 8 heteroatoms. The third kappa shape index (κ3) is 3.76. The number of alkyl halides is 1. The zero-order valence-corrected chi connectivity index (χ0v) is 16.6. The lowest BCUT2D eigenvalue weighted by Gasteiger charge is -2.12. The minimum absolute atomic E-state index is 0.0363. The number of anilines is 1. The van der Waals surface area contributed by atoms with Crippen LogP contribution in [0.3, 0.4) is 0 Å². The molecule has 1 aliphatic heterocycles. The number of rotatable bonds is 4. The predicted octanol–water partition coefficient (Wildman–Crippen LogP) is 4.56. The van der Waals surface area contributed by atoms with Gasteiger partial charge in [0.05, 0.1) is 4.88 Å². The van der Waals surface area contributed by atoms with Crippen molar-refractivity contribution in [2.24, 2.45) is 4.99 Å². The molecule has 2 atom stereocenters. The Kier molecular flexibility index (Phi) is 4.99. The van der Waals surface area contributed by atoms with Gasteiger partial charge in [0.2, 0.25) is 5.91 Å². The van der Waals surface area contributed by atoms with Crippen molar-refractivity contribution in [1.82, 2.24) is 4.98 Å². The van der Waals surface area contributed by atoms with E-state index < -0.39 is 10.8 Å². The summed E-state index contributed by atoms with van der Waals surface area (Å²) in [4.78, 5) is 33.4. The second-order valence-corrected chi connectivity index (χ2v) is 8.66. The highest BCUT2D eigenvalue weighted by atomic mass is 35.5. The average molecular weight is 416 g/mol. The van der Waals surface area contributed by atoms with Gasteiger partial charge in [-0.3, -0.25) is 19.6 Å². The number of halogens is 1. The number of nitrogens with one attached hydrogen (secondary N) is 1. The molecule has 1 N–H and O–H groups in total. The molecule has 2 unspecified atom stereocenters. The molecule has 2 aromatic heterocycles. The average Bonchev–Trinajstić information content (AvgIpc) is 3.26. The van der Waals surface area contributed by atoms with Gasteiger partial charge in [0.15, 0.2) is 5.78 Å². The normalized spacial score (nSPS) is 19.1. The van der Waals surface area contributed by atoms with E-state index in [1.165, 1.54) is 23.1 Å². The van der Waals surface area contributed by atoms with Gasteiger partial charge < -0.3 is 5.32 Å². The Balaban J connectivity index is 1.49. The summed E-state index contributed by atoms with van der Waals surface area (Å²) in [6, 6.07) is 11.1. The van der Waals surface area contributed by atoms with Crippen LogP contribution in [0.15, 0.2) is 53.8 Å². The third-order valence-electron chi connectivity index (χ3n) is 4.03.